The molecule has 0 saturated carbocycles. The third-order valence-corrected chi connectivity index (χ3v) is 6.15. The fraction of sp³-hybridized carbons (Fsp3) is 0.286. The van der Waals surface area contributed by atoms with Crippen LogP contribution in [0, 0.1) is 5.41 Å². The average Bonchev–Trinajstić information content (AvgIpc) is 3.07. The van der Waals surface area contributed by atoms with E-state index in [4.69, 9.17) is 9.47 Å². The first-order valence-electron chi connectivity index (χ1n) is 11.1. The number of para-hydroxylation sites is 1. The maximum atomic E-state index is 13.5. The zero-order chi connectivity index (χ0) is 23.4. The van der Waals surface area contributed by atoms with E-state index in [0.717, 1.165) is 22.6 Å². The van der Waals surface area contributed by atoms with Crippen molar-refractivity contribution in [2.45, 2.75) is 32.3 Å². The molecule has 4 rings (SSSR count). The normalized spacial score (nSPS) is 18.1. The third-order valence-electron chi connectivity index (χ3n) is 6.15. The van der Waals surface area contributed by atoms with Gasteiger partial charge >= 0.3 is 5.97 Å². The van der Waals surface area contributed by atoms with Crippen molar-refractivity contribution in [1.82, 2.24) is 0 Å². The van der Waals surface area contributed by atoms with Gasteiger partial charge in [0, 0.05) is 17.6 Å². The van der Waals surface area contributed by atoms with E-state index < -0.39 is 23.4 Å². The Balaban J connectivity index is 1.57. The first kappa shape index (κ1) is 22.6. The Morgan fingerprint density at radius 2 is 1.58 bits per heavy atom. The lowest BCUT2D eigenvalue weighted by molar-refractivity contribution is -0.159. The van der Waals surface area contributed by atoms with Crippen LogP contribution < -0.4 is 9.64 Å². The van der Waals surface area contributed by atoms with Gasteiger partial charge in [-0.25, -0.2) is 0 Å². The molecule has 1 heterocycles. The third kappa shape index (κ3) is 4.92. The Morgan fingerprint density at radius 3 is 2.18 bits per heavy atom. The number of carbonyl (C=O) groups excluding carboxylic acids is 2. The lowest BCUT2D eigenvalue weighted by Gasteiger charge is -2.26. The van der Waals surface area contributed by atoms with Crippen molar-refractivity contribution in [2.75, 3.05) is 18.6 Å². The largest absolute Gasteiger partial charge is 0.497 e. The minimum atomic E-state index is -0.840. The van der Waals surface area contributed by atoms with Crippen molar-refractivity contribution >= 4 is 17.6 Å². The summed E-state index contributed by atoms with van der Waals surface area (Å²) in [6.07, 6.45) is -0.372. The number of esters is 1. The molecule has 5 heteroatoms. The summed E-state index contributed by atoms with van der Waals surface area (Å²) < 4.78 is 11.2. The van der Waals surface area contributed by atoms with Crippen LogP contribution in [-0.2, 0) is 20.7 Å². The van der Waals surface area contributed by atoms with Crippen molar-refractivity contribution in [2.24, 2.45) is 5.41 Å². The molecule has 0 N–H and O–H groups in total. The van der Waals surface area contributed by atoms with E-state index in [-0.39, 0.29) is 5.91 Å². The molecule has 33 heavy (non-hydrogen) atoms. The molecule has 0 aromatic heterocycles. The first-order valence-corrected chi connectivity index (χ1v) is 11.1. The summed E-state index contributed by atoms with van der Waals surface area (Å²) in [6, 6.07) is 26.7. The molecule has 1 fully saturated rings. The van der Waals surface area contributed by atoms with Crippen LogP contribution >= 0.6 is 0 Å². The van der Waals surface area contributed by atoms with Crippen LogP contribution in [-0.4, -0.2) is 31.6 Å². The smallest absolute Gasteiger partial charge is 0.314 e. The summed E-state index contributed by atoms with van der Waals surface area (Å²) >= 11 is 0. The second kappa shape index (κ2) is 9.49. The van der Waals surface area contributed by atoms with Gasteiger partial charge in [0.2, 0.25) is 0 Å². The monoisotopic (exact) mass is 443 g/mol. The number of amides is 1. The molecule has 1 saturated heterocycles. The number of nitrogens with zero attached hydrogens (tertiary/aromatic N) is 1. The predicted octanol–water partition coefficient (Wildman–Crippen LogP) is 5.01. The van der Waals surface area contributed by atoms with E-state index in [0.29, 0.717) is 13.0 Å². The van der Waals surface area contributed by atoms with Gasteiger partial charge in [-0.3, -0.25) is 9.59 Å². The van der Waals surface area contributed by atoms with Gasteiger partial charge in [0.15, 0.2) is 6.10 Å². The highest BCUT2D eigenvalue weighted by atomic mass is 16.6. The van der Waals surface area contributed by atoms with Crippen molar-refractivity contribution in [3.8, 4) is 5.75 Å². The molecule has 0 spiro atoms. The highest BCUT2D eigenvalue weighted by Crippen LogP contribution is 2.37. The number of rotatable bonds is 7. The zero-order valence-electron chi connectivity index (χ0n) is 19.2. The molecule has 2 atom stereocenters. The Bertz CT molecular complexity index is 1090. The Hall–Kier alpha value is -3.60. The van der Waals surface area contributed by atoms with Crippen LogP contribution in [0.1, 0.15) is 30.9 Å². The van der Waals surface area contributed by atoms with Crippen LogP contribution in [0.3, 0.4) is 0 Å². The lowest BCUT2D eigenvalue weighted by Crippen LogP contribution is -2.37. The molecule has 1 aliphatic heterocycles. The fourth-order valence-electron chi connectivity index (χ4n) is 4.30. The summed E-state index contributed by atoms with van der Waals surface area (Å²) in [5.74, 6) is -0.333. The summed E-state index contributed by atoms with van der Waals surface area (Å²) in [6.45, 7) is 4.42. The maximum Gasteiger partial charge on any atom is 0.314 e. The summed E-state index contributed by atoms with van der Waals surface area (Å²) in [5, 5.41) is 0. The van der Waals surface area contributed by atoms with Gasteiger partial charge in [-0.15, -0.1) is 0 Å². The van der Waals surface area contributed by atoms with E-state index in [2.05, 4.69) is 0 Å². The van der Waals surface area contributed by atoms with Gasteiger partial charge in [-0.2, -0.15) is 0 Å². The van der Waals surface area contributed by atoms with Gasteiger partial charge in [-0.05, 0) is 41.8 Å². The van der Waals surface area contributed by atoms with Crippen LogP contribution in [0.5, 0.6) is 5.75 Å². The molecule has 5 nitrogen and oxygen atoms in total. The number of benzene rings is 3. The van der Waals surface area contributed by atoms with Crippen molar-refractivity contribution in [3.05, 3.63) is 96.1 Å². The minimum Gasteiger partial charge on any atom is -0.497 e. The van der Waals surface area contributed by atoms with Crippen molar-refractivity contribution in [1.29, 1.82) is 0 Å². The number of hydrogen-bond donors (Lipinski definition) is 0. The van der Waals surface area contributed by atoms with Gasteiger partial charge in [0.25, 0.3) is 5.91 Å². The maximum absolute atomic E-state index is 13.5. The molecular formula is C28H29NO4. The quantitative estimate of drug-likeness (QED) is 0.482. The van der Waals surface area contributed by atoms with Crippen LogP contribution in [0.15, 0.2) is 84.9 Å². The second-order valence-electron chi connectivity index (χ2n) is 9.08. The molecule has 0 aliphatic carbocycles. The highest BCUT2D eigenvalue weighted by Gasteiger charge is 2.50. The Labute approximate surface area is 194 Å². The van der Waals surface area contributed by atoms with E-state index in [1.807, 2.05) is 98.8 Å². The molecule has 0 unspecified atom stereocenters. The number of carbonyl (C=O) groups is 2. The topological polar surface area (TPSA) is 55.8 Å². The summed E-state index contributed by atoms with van der Waals surface area (Å²) in [4.78, 5) is 28.5. The summed E-state index contributed by atoms with van der Waals surface area (Å²) in [5.41, 5.74) is 2.15. The van der Waals surface area contributed by atoms with Crippen LogP contribution in [0.4, 0.5) is 5.69 Å². The van der Waals surface area contributed by atoms with Crippen molar-refractivity contribution < 1.29 is 19.1 Å². The van der Waals surface area contributed by atoms with Gasteiger partial charge in [0.05, 0.1) is 13.0 Å². The predicted molar refractivity (Wildman–Crippen MR) is 128 cm³/mol. The minimum absolute atomic E-state index is 0.184. The van der Waals surface area contributed by atoms with Crippen LogP contribution in [0.25, 0.3) is 0 Å². The van der Waals surface area contributed by atoms with E-state index >= 15 is 0 Å². The molecule has 170 valence electrons. The number of hydrogen-bond acceptors (Lipinski definition) is 4. The number of methoxy groups -OCH3 is 1. The Morgan fingerprint density at radius 1 is 0.970 bits per heavy atom. The average molecular weight is 444 g/mol. The number of ether oxygens (including phenoxy) is 2. The molecule has 3 aromatic carbocycles. The van der Waals surface area contributed by atoms with Gasteiger partial charge < -0.3 is 14.4 Å². The summed E-state index contributed by atoms with van der Waals surface area (Å²) in [7, 11) is 1.62. The standard InChI is InChI=1S/C28H29NO4/c1-28(2)19-29(22-12-8-5-9-13-22)26(30)25(28)33-27(31)24(21-10-6-4-7-11-21)18-20-14-16-23(32-3)17-15-20/h4-17,24-25H,18-19H2,1-3H3/t24-,25+/m0/s1. The fourth-order valence-corrected chi connectivity index (χ4v) is 4.30. The van der Waals surface area contributed by atoms with Crippen LogP contribution in [0.2, 0.25) is 0 Å². The molecule has 3 aromatic rings. The molecule has 1 amide bonds. The SMILES string of the molecule is COc1ccc(C[C@H](C(=O)O[C@@H]2C(=O)N(c3ccccc3)CC2(C)C)c2ccccc2)cc1. The molecule has 1 aliphatic rings. The Kier molecular flexibility index (Phi) is 6.50. The zero-order valence-corrected chi connectivity index (χ0v) is 19.2. The van der Waals surface area contributed by atoms with Gasteiger partial charge in [-0.1, -0.05) is 74.5 Å². The molecule has 0 bridgehead atoms. The van der Waals surface area contributed by atoms with Crippen molar-refractivity contribution in [3.63, 3.8) is 0 Å². The number of anilines is 1. The van der Waals surface area contributed by atoms with E-state index in [9.17, 15) is 9.59 Å². The highest BCUT2D eigenvalue weighted by molar-refractivity contribution is 6.01. The molecular weight excluding hydrogens is 414 g/mol. The second-order valence-corrected chi connectivity index (χ2v) is 9.08. The lowest BCUT2D eigenvalue weighted by atomic mass is 9.88. The van der Waals surface area contributed by atoms with E-state index in [1.165, 1.54) is 0 Å². The van der Waals surface area contributed by atoms with E-state index in [1.54, 1.807) is 12.0 Å². The molecule has 0 radical (unpaired) electrons. The first-order chi connectivity index (χ1) is 15.9. The van der Waals surface area contributed by atoms with Gasteiger partial charge in [0.1, 0.15) is 5.75 Å².